The van der Waals surface area contributed by atoms with Crippen LogP contribution in [0.25, 0.3) is 10.6 Å². The molecular formula is C16H20N2S2. The van der Waals surface area contributed by atoms with Crippen LogP contribution < -0.4 is 5.32 Å². The fourth-order valence-corrected chi connectivity index (χ4v) is 5.18. The number of thiophene rings is 1. The van der Waals surface area contributed by atoms with Crippen LogP contribution in [0.2, 0.25) is 0 Å². The molecule has 0 radical (unpaired) electrons. The molecule has 4 rings (SSSR count). The summed E-state index contributed by atoms with van der Waals surface area (Å²) in [6.07, 6.45) is 6.61. The number of thiazole rings is 1. The molecule has 0 bridgehead atoms. The Kier molecular flexibility index (Phi) is 3.41. The van der Waals surface area contributed by atoms with E-state index in [1.165, 1.54) is 53.9 Å². The van der Waals surface area contributed by atoms with Gasteiger partial charge >= 0.3 is 0 Å². The second-order valence-electron chi connectivity index (χ2n) is 6.07. The maximum Gasteiger partial charge on any atom is 0.124 e. The molecule has 2 nitrogen and oxygen atoms in total. The van der Waals surface area contributed by atoms with Crippen LogP contribution in [0, 0.1) is 6.92 Å². The molecule has 1 unspecified atom stereocenters. The molecule has 2 aliphatic rings. The Morgan fingerprint density at radius 1 is 1.30 bits per heavy atom. The van der Waals surface area contributed by atoms with Gasteiger partial charge in [0.1, 0.15) is 5.01 Å². The van der Waals surface area contributed by atoms with Gasteiger partial charge in [-0.1, -0.05) is 0 Å². The average molecular weight is 304 g/mol. The summed E-state index contributed by atoms with van der Waals surface area (Å²) in [5.74, 6) is 0.642. The monoisotopic (exact) mass is 304 g/mol. The highest BCUT2D eigenvalue weighted by atomic mass is 32.1. The minimum atomic E-state index is 0.642. The zero-order chi connectivity index (χ0) is 13.5. The minimum Gasteiger partial charge on any atom is -0.313 e. The van der Waals surface area contributed by atoms with Crippen LogP contribution >= 0.6 is 22.7 Å². The predicted molar refractivity (Wildman–Crippen MR) is 86.9 cm³/mol. The number of nitrogens with one attached hydrogen (secondary N) is 1. The lowest BCUT2D eigenvalue weighted by molar-refractivity contribution is 0.500. The van der Waals surface area contributed by atoms with E-state index >= 15 is 0 Å². The van der Waals surface area contributed by atoms with Gasteiger partial charge in [0, 0.05) is 34.3 Å². The van der Waals surface area contributed by atoms with E-state index < -0.39 is 0 Å². The number of aromatic nitrogens is 1. The first-order valence-corrected chi connectivity index (χ1v) is 9.33. The zero-order valence-corrected chi connectivity index (χ0v) is 13.4. The van der Waals surface area contributed by atoms with Crippen molar-refractivity contribution in [1.29, 1.82) is 0 Å². The van der Waals surface area contributed by atoms with Crippen molar-refractivity contribution in [2.24, 2.45) is 0 Å². The Balaban J connectivity index is 1.60. The van der Waals surface area contributed by atoms with Gasteiger partial charge < -0.3 is 5.32 Å². The van der Waals surface area contributed by atoms with E-state index in [0.29, 0.717) is 5.92 Å². The second kappa shape index (κ2) is 5.24. The molecule has 0 saturated heterocycles. The van der Waals surface area contributed by atoms with E-state index in [2.05, 4.69) is 23.0 Å². The fraction of sp³-hybridized carbons (Fsp3) is 0.562. The molecule has 2 heterocycles. The number of rotatable bonds is 4. The number of aryl methyl sites for hydroxylation is 2. The summed E-state index contributed by atoms with van der Waals surface area (Å²) in [5, 5.41) is 9.40. The summed E-state index contributed by atoms with van der Waals surface area (Å²) < 4.78 is 0. The molecule has 1 saturated carbocycles. The molecule has 2 aromatic heterocycles. The van der Waals surface area contributed by atoms with Crippen LogP contribution in [-0.2, 0) is 6.42 Å². The first-order chi connectivity index (χ1) is 9.81. The SMILES string of the molecule is Cc1cscc1-c1nc2c(s1)CCCC2CNC1CC1. The van der Waals surface area contributed by atoms with Gasteiger partial charge in [-0.2, -0.15) is 11.3 Å². The quantitative estimate of drug-likeness (QED) is 0.908. The van der Waals surface area contributed by atoms with Crippen molar-refractivity contribution in [3.63, 3.8) is 0 Å². The maximum absolute atomic E-state index is 5.02. The van der Waals surface area contributed by atoms with Gasteiger partial charge in [0.05, 0.1) is 5.69 Å². The van der Waals surface area contributed by atoms with Gasteiger partial charge in [0.15, 0.2) is 0 Å². The molecule has 0 aromatic carbocycles. The van der Waals surface area contributed by atoms with Crippen molar-refractivity contribution >= 4 is 22.7 Å². The largest absolute Gasteiger partial charge is 0.313 e. The molecule has 0 amide bonds. The van der Waals surface area contributed by atoms with E-state index in [9.17, 15) is 0 Å². The summed E-state index contributed by atoms with van der Waals surface area (Å²) in [6, 6.07) is 0.803. The fourth-order valence-electron chi connectivity index (χ4n) is 3.00. The first-order valence-electron chi connectivity index (χ1n) is 7.57. The van der Waals surface area contributed by atoms with Crippen LogP contribution in [0.1, 0.15) is 47.7 Å². The van der Waals surface area contributed by atoms with Gasteiger partial charge in [0.25, 0.3) is 0 Å². The molecule has 106 valence electrons. The summed E-state index contributed by atoms with van der Waals surface area (Å²) in [4.78, 5) is 6.56. The highest BCUT2D eigenvalue weighted by molar-refractivity contribution is 7.15. The lowest BCUT2D eigenvalue weighted by Gasteiger charge is -2.21. The van der Waals surface area contributed by atoms with Crippen LogP contribution in [0.3, 0.4) is 0 Å². The third-order valence-electron chi connectivity index (χ3n) is 4.39. The highest BCUT2D eigenvalue weighted by Gasteiger charge is 2.28. The number of fused-ring (bicyclic) bond motifs is 1. The van der Waals surface area contributed by atoms with Crippen LogP contribution in [0.4, 0.5) is 0 Å². The average Bonchev–Trinajstić information content (AvgIpc) is 3.01. The molecule has 0 spiro atoms. The molecule has 2 aliphatic carbocycles. The van der Waals surface area contributed by atoms with Gasteiger partial charge in [-0.25, -0.2) is 4.98 Å². The second-order valence-corrected chi connectivity index (χ2v) is 7.89. The summed E-state index contributed by atoms with van der Waals surface area (Å²) in [5.41, 5.74) is 4.12. The minimum absolute atomic E-state index is 0.642. The molecule has 2 aromatic rings. The Morgan fingerprint density at radius 2 is 2.20 bits per heavy atom. The molecule has 4 heteroatoms. The van der Waals surface area contributed by atoms with Crippen LogP contribution in [-0.4, -0.2) is 17.6 Å². The molecular weight excluding hydrogens is 284 g/mol. The number of hydrogen-bond donors (Lipinski definition) is 1. The van der Waals surface area contributed by atoms with Crippen molar-refractivity contribution in [1.82, 2.24) is 10.3 Å². The Labute approximate surface area is 128 Å². The van der Waals surface area contributed by atoms with E-state index in [-0.39, 0.29) is 0 Å². The third-order valence-corrected chi connectivity index (χ3v) is 6.41. The Morgan fingerprint density at radius 3 is 2.95 bits per heavy atom. The lowest BCUT2D eigenvalue weighted by atomic mass is 9.91. The van der Waals surface area contributed by atoms with Crippen molar-refractivity contribution in [3.8, 4) is 10.6 Å². The predicted octanol–water partition coefficient (Wildman–Crippen LogP) is 4.35. The maximum atomic E-state index is 5.02. The van der Waals surface area contributed by atoms with Crippen molar-refractivity contribution in [3.05, 3.63) is 26.9 Å². The topological polar surface area (TPSA) is 24.9 Å². The van der Waals surface area contributed by atoms with E-state index in [1.807, 2.05) is 11.3 Å². The van der Waals surface area contributed by atoms with Gasteiger partial charge in [0.2, 0.25) is 0 Å². The van der Waals surface area contributed by atoms with E-state index in [1.54, 1.807) is 16.2 Å². The summed E-state index contributed by atoms with van der Waals surface area (Å²) in [6.45, 7) is 3.32. The van der Waals surface area contributed by atoms with Crippen LogP contribution in [0.15, 0.2) is 10.8 Å². The molecule has 1 N–H and O–H groups in total. The van der Waals surface area contributed by atoms with E-state index in [0.717, 1.165) is 12.6 Å². The third kappa shape index (κ3) is 2.45. The molecule has 1 fully saturated rings. The van der Waals surface area contributed by atoms with Crippen LogP contribution in [0.5, 0.6) is 0 Å². The lowest BCUT2D eigenvalue weighted by Crippen LogP contribution is -2.25. The smallest absolute Gasteiger partial charge is 0.124 e. The zero-order valence-electron chi connectivity index (χ0n) is 11.8. The van der Waals surface area contributed by atoms with Crippen molar-refractivity contribution in [2.45, 2.75) is 51.0 Å². The van der Waals surface area contributed by atoms with Gasteiger partial charge in [-0.15, -0.1) is 11.3 Å². The standard InChI is InChI=1S/C16H20N2S2/c1-10-8-19-9-13(10)16-18-15-11(7-17-12-5-6-12)3-2-4-14(15)20-16/h8-9,11-12,17H,2-7H2,1H3. The van der Waals surface area contributed by atoms with Gasteiger partial charge in [-0.05, 0) is 50.0 Å². The summed E-state index contributed by atoms with van der Waals surface area (Å²) >= 11 is 3.71. The Bertz CT molecular complexity index is 610. The van der Waals surface area contributed by atoms with Crippen molar-refractivity contribution < 1.29 is 0 Å². The van der Waals surface area contributed by atoms with E-state index in [4.69, 9.17) is 4.98 Å². The Hall–Kier alpha value is -0.710. The van der Waals surface area contributed by atoms with Crippen molar-refractivity contribution in [2.75, 3.05) is 6.54 Å². The summed E-state index contributed by atoms with van der Waals surface area (Å²) in [7, 11) is 0. The number of nitrogens with zero attached hydrogens (tertiary/aromatic N) is 1. The molecule has 0 aliphatic heterocycles. The highest BCUT2D eigenvalue weighted by Crippen LogP contribution is 2.39. The molecule has 1 atom stereocenters. The number of hydrogen-bond acceptors (Lipinski definition) is 4. The molecule has 20 heavy (non-hydrogen) atoms. The normalized spacial score (nSPS) is 21.9. The first kappa shape index (κ1) is 13.0. The van der Waals surface area contributed by atoms with Gasteiger partial charge in [-0.3, -0.25) is 0 Å².